The van der Waals surface area contributed by atoms with Gasteiger partial charge in [-0.2, -0.15) is 0 Å². The lowest BCUT2D eigenvalue weighted by Gasteiger charge is -2.30. The number of hydrogen-bond acceptors (Lipinski definition) is 11. The van der Waals surface area contributed by atoms with Gasteiger partial charge >= 0.3 is 6.09 Å². The molecule has 8 rings (SSSR count). The Kier molecular flexibility index (Phi) is 10.3. The van der Waals surface area contributed by atoms with Crippen LogP contribution < -0.4 is 20.1 Å². The number of nitrogens with one attached hydrogen (secondary N) is 3. The zero-order valence-electron chi connectivity index (χ0n) is 30.8. The number of allylic oxidation sites excluding steroid dienone is 1. The zero-order chi connectivity index (χ0) is 38.3. The first-order valence-corrected chi connectivity index (χ1v) is 21.8. The highest BCUT2D eigenvalue weighted by Gasteiger charge is 2.62. The molecule has 5 heterocycles. The van der Waals surface area contributed by atoms with Gasteiger partial charge in [0.2, 0.25) is 27.7 Å². The van der Waals surface area contributed by atoms with Crippen LogP contribution in [0.1, 0.15) is 83.5 Å². The van der Waals surface area contributed by atoms with E-state index in [-0.39, 0.29) is 31.4 Å². The van der Waals surface area contributed by atoms with Crippen molar-refractivity contribution in [3.8, 4) is 16.5 Å². The Labute approximate surface area is 323 Å². The van der Waals surface area contributed by atoms with E-state index in [1.807, 2.05) is 53.5 Å². The van der Waals surface area contributed by atoms with Gasteiger partial charge < -0.3 is 29.6 Å². The summed E-state index contributed by atoms with van der Waals surface area (Å²) >= 11 is 1.48. The lowest BCUT2D eigenvalue weighted by molar-refractivity contribution is -0.141. The number of sulfonamides is 1. The molecule has 3 aromatic rings. The van der Waals surface area contributed by atoms with E-state index in [0.29, 0.717) is 49.0 Å². The Morgan fingerprint density at radius 3 is 2.58 bits per heavy atom. The van der Waals surface area contributed by atoms with Crippen molar-refractivity contribution in [2.24, 2.45) is 13.0 Å². The molecule has 1 saturated heterocycles. The van der Waals surface area contributed by atoms with E-state index in [1.165, 1.54) is 16.2 Å². The molecule has 15 nitrogen and oxygen atoms in total. The number of ether oxygens (including phenoxy) is 2. The lowest BCUT2D eigenvalue weighted by Crippen LogP contribution is -2.58. The highest BCUT2D eigenvalue weighted by molar-refractivity contribution is 7.91. The average Bonchev–Trinajstić information content (AvgIpc) is 3.78. The van der Waals surface area contributed by atoms with Gasteiger partial charge in [0.25, 0.3) is 5.91 Å². The van der Waals surface area contributed by atoms with Crippen molar-refractivity contribution in [1.29, 1.82) is 0 Å². The molecule has 0 unspecified atom stereocenters. The minimum absolute atomic E-state index is 0.0102. The molecule has 2 aliphatic heterocycles. The number of thiophene rings is 1. The second kappa shape index (κ2) is 15.2. The van der Waals surface area contributed by atoms with Crippen LogP contribution in [0, 0.1) is 5.92 Å². The molecule has 0 spiro atoms. The predicted octanol–water partition coefficient (Wildman–Crippen LogP) is 4.09. The van der Waals surface area contributed by atoms with Crippen LogP contribution in [0.2, 0.25) is 0 Å². The number of alkyl carbamates (subject to hydrolysis) is 1. The topological polar surface area (TPSA) is 191 Å². The third-order valence-electron chi connectivity index (χ3n) is 11.4. The number of fused-ring (bicyclic) bond motifs is 3. The Morgan fingerprint density at radius 2 is 1.82 bits per heavy atom. The van der Waals surface area contributed by atoms with Crippen molar-refractivity contribution in [1.82, 2.24) is 34.8 Å². The van der Waals surface area contributed by atoms with Gasteiger partial charge in [-0.1, -0.05) is 31.1 Å². The van der Waals surface area contributed by atoms with Gasteiger partial charge in [-0.3, -0.25) is 19.1 Å². The number of rotatable bonds is 8. The van der Waals surface area contributed by atoms with E-state index in [0.717, 1.165) is 43.4 Å². The van der Waals surface area contributed by atoms with Crippen LogP contribution in [0.15, 0.2) is 41.9 Å². The summed E-state index contributed by atoms with van der Waals surface area (Å²) in [6, 6.07) is 3.58. The van der Waals surface area contributed by atoms with E-state index in [9.17, 15) is 27.6 Å². The monoisotopic (exact) mass is 793 g/mol. The maximum absolute atomic E-state index is 14.6. The van der Waals surface area contributed by atoms with Crippen molar-refractivity contribution in [3.63, 3.8) is 0 Å². The summed E-state index contributed by atoms with van der Waals surface area (Å²) in [5, 5.41) is 7.03. The Morgan fingerprint density at radius 1 is 1.02 bits per heavy atom. The van der Waals surface area contributed by atoms with Crippen LogP contribution in [0.25, 0.3) is 21.7 Å². The summed E-state index contributed by atoms with van der Waals surface area (Å²) in [4.78, 5) is 67.9. The molecule has 5 aliphatic rings. The molecule has 294 valence electrons. The SMILES string of the molecule is Cn1ccc2nc(O[C@@H]3C[C@H]4C(=O)N[C@]5(C(=O)NS(=O)(=O)C6CC6)C[C@H]5/C=C\CCCCC[C@H](NC(=O)OC5CCCC5)C(=O)N4C3)c(-c3cccs3)nc21. The molecule has 4 fully saturated rings. The van der Waals surface area contributed by atoms with Gasteiger partial charge in [0.15, 0.2) is 5.65 Å². The molecule has 5 atom stereocenters. The summed E-state index contributed by atoms with van der Waals surface area (Å²) < 4.78 is 42.1. The van der Waals surface area contributed by atoms with Crippen LogP contribution in [-0.4, -0.2) is 93.3 Å². The summed E-state index contributed by atoms with van der Waals surface area (Å²) in [5.74, 6) is -2.02. The van der Waals surface area contributed by atoms with E-state index in [1.54, 1.807) is 0 Å². The van der Waals surface area contributed by atoms with Crippen LogP contribution in [0.4, 0.5) is 4.79 Å². The number of aryl methyl sites for hydroxylation is 1. The highest BCUT2D eigenvalue weighted by atomic mass is 32.2. The lowest BCUT2D eigenvalue weighted by atomic mass is 10.0. The van der Waals surface area contributed by atoms with E-state index < -0.39 is 68.7 Å². The Bertz CT molecular complexity index is 2090. The fourth-order valence-electron chi connectivity index (χ4n) is 8.04. The van der Waals surface area contributed by atoms with Crippen molar-refractivity contribution < 1.29 is 37.1 Å². The fourth-order valence-corrected chi connectivity index (χ4v) is 10.1. The van der Waals surface area contributed by atoms with Crippen molar-refractivity contribution in [2.75, 3.05) is 6.54 Å². The third-order valence-corrected chi connectivity index (χ3v) is 14.1. The molecule has 0 bridgehead atoms. The standard InChI is InChI=1S/C38H47N7O8S2/c1-44-18-17-27-32(44)41-31(30-14-9-19-54-30)34(39-27)52-25-20-29-33(46)42-38(36(48)43-55(50,51)26-15-16-26)21-23(38)10-5-3-2-4-6-13-28(35(47)45(29)22-25)40-37(49)53-24-11-7-8-12-24/h5,9-10,14,17-19,23-26,28-29H,2-4,6-8,11-13,15-16,20-22H2,1H3,(H,40,49)(H,42,46)(H,43,48)/b10-5-/t23-,25-,28+,29+,38-/m1/s1. The predicted molar refractivity (Wildman–Crippen MR) is 203 cm³/mol. The second-order valence-corrected chi connectivity index (χ2v) is 18.4. The highest BCUT2D eigenvalue weighted by Crippen LogP contribution is 2.46. The van der Waals surface area contributed by atoms with Crippen molar-refractivity contribution >= 4 is 56.3 Å². The molecule has 3 aliphatic carbocycles. The molecule has 55 heavy (non-hydrogen) atoms. The summed E-state index contributed by atoms with van der Waals surface area (Å²) in [5.41, 5.74) is 0.316. The van der Waals surface area contributed by atoms with E-state index >= 15 is 0 Å². The largest absolute Gasteiger partial charge is 0.471 e. The first-order chi connectivity index (χ1) is 26.5. The summed E-state index contributed by atoms with van der Waals surface area (Å²) in [6.45, 7) is -0.0102. The number of nitrogens with zero attached hydrogens (tertiary/aromatic N) is 4. The van der Waals surface area contributed by atoms with E-state index in [4.69, 9.17) is 19.4 Å². The molecular weight excluding hydrogens is 747 g/mol. The van der Waals surface area contributed by atoms with Gasteiger partial charge in [-0.05, 0) is 81.7 Å². The van der Waals surface area contributed by atoms with Crippen LogP contribution >= 0.6 is 11.3 Å². The molecule has 4 amide bonds. The summed E-state index contributed by atoms with van der Waals surface area (Å²) in [7, 11) is -2.01. The maximum atomic E-state index is 14.6. The second-order valence-electron chi connectivity index (χ2n) is 15.5. The van der Waals surface area contributed by atoms with Crippen LogP contribution in [0.5, 0.6) is 5.88 Å². The first-order valence-electron chi connectivity index (χ1n) is 19.4. The average molecular weight is 794 g/mol. The fraction of sp³-hybridized carbons (Fsp3) is 0.579. The van der Waals surface area contributed by atoms with Crippen LogP contribution in [-0.2, 0) is 36.2 Å². The first kappa shape index (κ1) is 37.4. The van der Waals surface area contributed by atoms with E-state index in [2.05, 4.69) is 15.4 Å². The molecule has 0 aromatic carbocycles. The molecule has 0 radical (unpaired) electrons. The van der Waals surface area contributed by atoms with Gasteiger partial charge in [0.1, 0.15) is 41.0 Å². The minimum Gasteiger partial charge on any atom is -0.471 e. The summed E-state index contributed by atoms with van der Waals surface area (Å²) in [6.07, 6.45) is 12.1. The van der Waals surface area contributed by atoms with Gasteiger partial charge in [0.05, 0.1) is 16.7 Å². The van der Waals surface area contributed by atoms with Gasteiger partial charge in [-0.15, -0.1) is 11.3 Å². The Balaban J connectivity index is 1.10. The minimum atomic E-state index is -3.89. The smallest absolute Gasteiger partial charge is 0.408 e. The number of carbonyl (C=O) groups is 4. The number of hydrogen-bond donors (Lipinski definition) is 3. The maximum Gasteiger partial charge on any atom is 0.408 e. The number of amides is 4. The molecule has 3 N–H and O–H groups in total. The van der Waals surface area contributed by atoms with Crippen molar-refractivity contribution in [3.05, 3.63) is 41.9 Å². The number of carbonyl (C=O) groups excluding carboxylic acids is 4. The van der Waals surface area contributed by atoms with Gasteiger partial charge in [0, 0.05) is 25.6 Å². The quantitative estimate of drug-likeness (QED) is 0.280. The zero-order valence-corrected chi connectivity index (χ0v) is 32.4. The molecule has 3 saturated carbocycles. The number of aromatic nitrogens is 3. The van der Waals surface area contributed by atoms with Crippen LogP contribution in [0.3, 0.4) is 0 Å². The Hall–Kier alpha value is -4.51. The van der Waals surface area contributed by atoms with Gasteiger partial charge in [-0.25, -0.2) is 23.2 Å². The molecule has 17 heteroatoms. The van der Waals surface area contributed by atoms with Crippen molar-refractivity contribution in [2.45, 2.75) is 119 Å². The normalized spacial score (nSPS) is 28.3. The molecule has 3 aromatic heterocycles. The third kappa shape index (κ3) is 7.95. The molecular formula is C38H47N7O8S2.